The number of benzene rings is 1. The zero-order valence-corrected chi connectivity index (χ0v) is 15.4. The molecule has 0 aliphatic carbocycles. The van der Waals surface area contributed by atoms with Crippen LogP contribution in [-0.2, 0) is 0 Å². The number of Topliss-reactive ketones (excluding diaryl/α,β-unsaturated/α-hetero) is 1. The first-order valence-electron chi connectivity index (χ1n) is 9.06. The number of likely N-dealkylation sites (tertiary alicyclic amines) is 1. The molecule has 3 heterocycles. The molecule has 2 aliphatic heterocycles. The normalized spacial score (nSPS) is 18.6. The molecule has 1 fully saturated rings. The molecule has 4 rings (SSSR count). The van der Waals surface area contributed by atoms with Crippen molar-refractivity contribution < 1.29 is 18.7 Å². The Labute approximate surface area is 152 Å². The Hall–Kier alpha value is -2.56. The fourth-order valence-electron chi connectivity index (χ4n) is 3.85. The number of fused-ring (bicyclic) bond motifs is 1. The monoisotopic (exact) mass is 353 g/mol. The van der Waals surface area contributed by atoms with Crippen molar-refractivity contribution in [2.45, 2.75) is 45.6 Å². The van der Waals surface area contributed by atoms with Gasteiger partial charge in [0.1, 0.15) is 17.1 Å². The number of piperidine rings is 1. The minimum atomic E-state index is -0.498. The van der Waals surface area contributed by atoms with E-state index in [0.717, 1.165) is 16.9 Å². The molecule has 5 heteroatoms. The van der Waals surface area contributed by atoms with E-state index in [-0.39, 0.29) is 11.7 Å². The van der Waals surface area contributed by atoms with Crippen LogP contribution in [0.4, 0.5) is 0 Å². The molecule has 2 aromatic rings. The van der Waals surface area contributed by atoms with Crippen molar-refractivity contribution in [3.63, 3.8) is 0 Å². The minimum Gasteiger partial charge on any atom is -0.486 e. The summed E-state index contributed by atoms with van der Waals surface area (Å²) in [5.41, 5.74) is 2.41. The zero-order valence-electron chi connectivity index (χ0n) is 15.4. The number of furan rings is 1. The number of rotatable bonds is 1. The summed E-state index contributed by atoms with van der Waals surface area (Å²) in [6.45, 7) is 6.98. The highest BCUT2D eigenvalue weighted by Crippen LogP contribution is 2.40. The molecule has 0 saturated carbocycles. The average Bonchev–Trinajstić information content (AvgIpc) is 3.03. The van der Waals surface area contributed by atoms with Crippen molar-refractivity contribution in [2.75, 3.05) is 13.1 Å². The Morgan fingerprint density at radius 2 is 1.77 bits per heavy atom. The summed E-state index contributed by atoms with van der Waals surface area (Å²) < 4.78 is 11.8. The lowest BCUT2D eigenvalue weighted by atomic mass is 9.82. The summed E-state index contributed by atoms with van der Waals surface area (Å²) in [7, 11) is 0. The van der Waals surface area contributed by atoms with Crippen molar-refractivity contribution in [3.8, 4) is 5.75 Å². The molecular weight excluding hydrogens is 330 g/mol. The molecule has 2 aliphatic rings. The van der Waals surface area contributed by atoms with Gasteiger partial charge in [-0.1, -0.05) is 0 Å². The Morgan fingerprint density at radius 3 is 2.42 bits per heavy atom. The van der Waals surface area contributed by atoms with Crippen LogP contribution in [0.2, 0.25) is 0 Å². The highest BCUT2D eigenvalue weighted by Gasteiger charge is 2.44. The number of amides is 1. The van der Waals surface area contributed by atoms with Gasteiger partial charge in [0, 0.05) is 25.9 Å². The lowest BCUT2D eigenvalue weighted by Crippen LogP contribution is -2.52. The third-order valence-corrected chi connectivity index (χ3v) is 5.62. The minimum absolute atomic E-state index is 0.0954. The number of ether oxygens (including phenoxy) is 1. The quantitative estimate of drug-likeness (QED) is 0.781. The molecule has 0 radical (unpaired) electrons. The van der Waals surface area contributed by atoms with Gasteiger partial charge in [0.15, 0.2) is 11.5 Å². The highest BCUT2D eigenvalue weighted by atomic mass is 16.5. The largest absolute Gasteiger partial charge is 0.486 e. The highest BCUT2D eigenvalue weighted by molar-refractivity contribution is 6.00. The van der Waals surface area contributed by atoms with E-state index in [9.17, 15) is 9.59 Å². The number of carbonyl (C=O) groups is 2. The van der Waals surface area contributed by atoms with Crippen molar-refractivity contribution in [1.29, 1.82) is 0 Å². The van der Waals surface area contributed by atoms with Crippen LogP contribution in [0.1, 0.15) is 57.1 Å². The van der Waals surface area contributed by atoms with Crippen LogP contribution in [0.15, 0.2) is 28.7 Å². The van der Waals surface area contributed by atoms with E-state index in [1.807, 2.05) is 32.9 Å². The first kappa shape index (κ1) is 16.9. The molecule has 26 heavy (non-hydrogen) atoms. The number of ketones is 1. The van der Waals surface area contributed by atoms with Crippen molar-refractivity contribution in [1.82, 2.24) is 4.90 Å². The lowest BCUT2D eigenvalue weighted by Gasteiger charge is -2.43. The van der Waals surface area contributed by atoms with Crippen molar-refractivity contribution in [3.05, 3.63) is 52.5 Å². The van der Waals surface area contributed by atoms with Gasteiger partial charge in [-0.15, -0.1) is 0 Å². The number of hydrogen-bond donors (Lipinski definition) is 0. The third-order valence-electron chi connectivity index (χ3n) is 5.62. The summed E-state index contributed by atoms with van der Waals surface area (Å²) in [5.74, 6) is 1.82. The van der Waals surface area contributed by atoms with Gasteiger partial charge in [-0.05, 0) is 56.2 Å². The number of carbonyl (C=O) groups excluding carboxylic acids is 2. The molecule has 1 amide bonds. The first-order chi connectivity index (χ1) is 12.4. The SMILES string of the molecule is Cc1ccc(C(=O)N2CCC3(CC2)CC(=O)c2cc(C)c(C)cc2O3)o1. The van der Waals surface area contributed by atoms with Crippen molar-refractivity contribution >= 4 is 11.7 Å². The molecule has 1 aromatic carbocycles. The lowest BCUT2D eigenvalue weighted by molar-refractivity contribution is -0.00649. The van der Waals surface area contributed by atoms with Gasteiger partial charge in [0.2, 0.25) is 0 Å². The predicted molar refractivity (Wildman–Crippen MR) is 96.8 cm³/mol. The second kappa shape index (κ2) is 6.01. The average molecular weight is 353 g/mol. The smallest absolute Gasteiger partial charge is 0.289 e. The van der Waals surface area contributed by atoms with E-state index >= 15 is 0 Å². The molecule has 0 unspecified atom stereocenters. The fraction of sp³-hybridized carbons (Fsp3) is 0.429. The molecule has 0 N–H and O–H groups in total. The van der Waals surface area contributed by atoms with Crippen LogP contribution in [0.5, 0.6) is 5.75 Å². The van der Waals surface area contributed by atoms with Gasteiger partial charge < -0.3 is 14.1 Å². The molecular formula is C21H23NO4. The third kappa shape index (κ3) is 2.81. The molecule has 1 spiro atoms. The number of aryl methyl sites for hydroxylation is 3. The Morgan fingerprint density at radius 1 is 1.08 bits per heavy atom. The van der Waals surface area contributed by atoms with E-state index in [4.69, 9.17) is 9.15 Å². The maximum Gasteiger partial charge on any atom is 0.289 e. The maximum atomic E-state index is 12.7. The van der Waals surface area contributed by atoms with E-state index in [1.165, 1.54) is 0 Å². The van der Waals surface area contributed by atoms with Crippen LogP contribution in [0.25, 0.3) is 0 Å². The maximum absolute atomic E-state index is 12.7. The summed E-state index contributed by atoms with van der Waals surface area (Å²) in [5, 5.41) is 0. The zero-order chi connectivity index (χ0) is 18.5. The summed E-state index contributed by atoms with van der Waals surface area (Å²) in [6, 6.07) is 7.40. The van der Waals surface area contributed by atoms with Gasteiger partial charge in [-0.25, -0.2) is 0 Å². The van der Waals surface area contributed by atoms with E-state index in [1.54, 1.807) is 17.0 Å². The predicted octanol–water partition coefficient (Wildman–Crippen LogP) is 3.85. The van der Waals surface area contributed by atoms with Crippen LogP contribution in [-0.4, -0.2) is 35.3 Å². The van der Waals surface area contributed by atoms with Gasteiger partial charge in [0.05, 0.1) is 12.0 Å². The Kier molecular flexibility index (Phi) is 3.90. The second-order valence-electron chi connectivity index (χ2n) is 7.52. The molecule has 5 nitrogen and oxygen atoms in total. The van der Waals surface area contributed by atoms with Gasteiger partial charge in [0.25, 0.3) is 5.91 Å². The summed E-state index contributed by atoms with van der Waals surface area (Å²) in [6.07, 6.45) is 1.68. The van der Waals surface area contributed by atoms with E-state index in [0.29, 0.717) is 49.4 Å². The summed E-state index contributed by atoms with van der Waals surface area (Å²) in [4.78, 5) is 27.0. The first-order valence-corrected chi connectivity index (χ1v) is 9.06. The Balaban J connectivity index is 1.51. The van der Waals surface area contributed by atoms with Crippen molar-refractivity contribution in [2.24, 2.45) is 0 Å². The summed E-state index contributed by atoms with van der Waals surface area (Å²) >= 11 is 0. The fourth-order valence-corrected chi connectivity index (χ4v) is 3.85. The molecule has 1 saturated heterocycles. The van der Waals surface area contributed by atoms with Gasteiger partial charge >= 0.3 is 0 Å². The molecule has 1 aromatic heterocycles. The molecule has 0 atom stereocenters. The van der Waals surface area contributed by atoms with Crippen LogP contribution < -0.4 is 4.74 Å². The molecule has 136 valence electrons. The van der Waals surface area contributed by atoms with Crippen LogP contribution >= 0.6 is 0 Å². The van der Waals surface area contributed by atoms with Crippen LogP contribution in [0.3, 0.4) is 0 Å². The van der Waals surface area contributed by atoms with Crippen LogP contribution in [0, 0.1) is 20.8 Å². The number of hydrogen-bond acceptors (Lipinski definition) is 4. The standard InChI is InChI=1S/C21H23NO4/c1-13-10-16-17(23)12-21(26-19(16)11-14(13)2)6-8-22(9-7-21)20(24)18-5-4-15(3)25-18/h4-5,10-11H,6-9,12H2,1-3H3. The Bertz CT molecular complexity index is 887. The van der Waals surface area contributed by atoms with Gasteiger partial charge in [-0.2, -0.15) is 0 Å². The topological polar surface area (TPSA) is 59.8 Å². The van der Waals surface area contributed by atoms with Gasteiger partial charge in [-0.3, -0.25) is 9.59 Å². The van der Waals surface area contributed by atoms with E-state index < -0.39 is 5.60 Å². The molecule has 0 bridgehead atoms. The number of nitrogens with zero attached hydrogens (tertiary/aromatic N) is 1. The van der Waals surface area contributed by atoms with E-state index in [2.05, 4.69) is 0 Å². The second-order valence-corrected chi connectivity index (χ2v) is 7.52.